The summed E-state index contributed by atoms with van der Waals surface area (Å²) >= 11 is 0. The van der Waals surface area contributed by atoms with Crippen LogP contribution in [0.15, 0.2) is 30.5 Å². The molecule has 0 saturated carbocycles. The molecule has 2 aromatic rings. The van der Waals surface area contributed by atoms with Gasteiger partial charge < -0.3 is 5.32 Å². The molecule has 0 amide bonds. The Balaban J connectivity index is 1.95. The van der Waals surface area contributed by atoms with E-state index in [4.69, 9.17) is 5.10 Å². The topological polar surface area (TPSA) is 29.9 Å². The summed E-state index contributed by atoms with van der Waals surface area (Å²) in [5.74, 6) is 0.547. The van der Waals surface area contributed by atoms with Crippen molar-refractivity contribution in [2.45, 2.75) is 32.1 Å². The molecule has 1 atom stereocenters. The first kappa shape index (κ1) is 13.4. The van der Waals surface area contributed by atoms with Crippen LogP contribution in [0.2, 0.25) is 0 Å². The molecule has 0 aliphatic carbocycles. The molecular weight excluding hydrogens is 246 g/mol. The lowest BCUT2D eigenvalue weighted by molar-refractivity contribution is 0.452. The van der Waals surface area contributed by atoms with Gasteiger partial charge in [-0.05, 0) is 36.9 Å². The van der Waals surface area contributed by atoms with Crippen LogP contribution in [-0.4, -0.2) is 22.9 Å². The predicted molar refractivity (Wildman–Crippen MR) is 82.9 cm³/mol. The van der Waals surface area contributed by atoms with Crippen LogP contribution in [0.3, 0.4) is 0 Å². The maximum absolute atomic E-state index is 4.73. The lowest BCUT2D eigenvalue weighted by atomic mass is 9.91. The summed E-state index contributed by atoms with van der Waals surface area (Å²) in [5, 5.41) is 8.22. The smallest absolute Gasteiger partial charge is 0.0746 e. The summed E-state index contributed by atoms with van der Waals surface area (Å²) < 4.78 is 1.95. The number of benzene rings is 1. The summed E-state index contributed by atoms with van der Waals surface area (Å²) in [5.41, 5.74) is 5.22. The quantitative estimate of drug-likeness (QED) is 0.928. The number of nitrogens with one attached hydrogen (secondary N) is 1. The second-order valence-corrected chi connectivity index (χ2v) is 5.70. The number of piperidine rings is 1. The third kappa shape index (κ3) is 2.63. The van der Waals surface area contributed by atoms with Gasteiger partial charge in [0.15, 0.2) is 0 Å². The van der Waals surface area contributed by atoms with Crippen LogP contribution in [0.5, 0.6) is 0 Å². The van der Waals surface area contributed by atoms with Gasteiger partial charge in [0.1, 0.15) is 0 Å². The van der Waals surface area contributed by atoms with Crippen molar-refractivity contribution in [3.8, 4) is 11.1 Å². The Hall–Kier alpha value is -1.61. The van der Waals surface area contributed by atoms with Gasteiger partial charge in [-0.15, -0.1) is 0 Å². The van der Waals surface area contributed by atoms with Crippen molar-refractivity contribution in [2.75, 3.05) is 13.1 Å². The Kier molecular flexibility index (Phi) is 3.88. The Bertz CT molecular complexity index is 562. The van der Waals surface area contributed by atoms with Crippen molar-refractivity contribution >= 4 is 0 Å². The molecule has 1 aromatic carbocycles. The van der Waals surface area contributed by atoms with Gasteiger partial charge >= 0.3 is 0 Å². The van der Waals surface area contributed by atoms with Crippen molar-refractivity contribution in [3.63, 3.8) is 0 Å². The van der Waals surface area contributed by atoms with Crippen molar-refractivity contribution < 1.29 is 0 Å². The van der Waals surface area contributed by atoms with E-state index in [2.05, 4.69) is 42.7 Å². The number of aromatic nitrogens is 2. The largest absolute Gasteiger partial charge is 0.316 e. The fraction of sp³-hybridized carbons (Fsp3) is 0.471. The molecule has 3 heteroatoms. The molecule has 3 rings (SSSR count). The molecule has 20 heavy (non-hydrogen) atoms. The highest BCUT2D eigenvalue weighted by atomic mass is 15.3. The minimum absolute atomic E-state index is 0.547. The molecule has 1 aromatic heterocycles. The van der Waals surface area contributed by atoms with Crippen molar-refractivity contribution in [2.24, 2.45) is 7.05 Å². The fourth-order valence-electron chi connectivity index (χ4n) is 3.03. The van der Waals surface area contributed by atoms with Crippen LogP contribution in [0.4, 0.5) is 0 Å². The average molecular weight is 269 g/mol. The van der Waals surface area contributed by atoms with Crippen LogP contribution in [-0.2, 0) is 13.5 Å². The summed E-state index contributed by atoms with van der Waals surface area (Å²) in [6.45, 7) is 4.39. The van der Waals surface area contributed by atoms with Crippen molar-refractivity contribution in [1.82, 2.24) is 15.1 Å². The number of aryl methyl sites for hydroxylation is 2. The van der Waals surface area contributed by atoms with E-state index in [1.165, 1.54) is 35.2 Å². The summed E-state index contributed by atoms with van der Waals surface area (Å²) in [6.07, 6.45) is 5.73. The summed E-state index contributed by atoms with van der Waals surface area (Å²) in [7, 11) is 2.02. The van der Waals surface area contributed by atoms with Crippen LogP contribution in [0.25, 0.3) is 11.1 Å². The summed E-state index contributed by atoms with van der Waals surface area (Å²) in [4.78, 5) is 0. The van der Waals surface area contributed by atoms with Crippen molar-refractivity contribution in [3.05, 3.63) is 41.7 Å². The highest BCUT2D eigenvalue weighted by Gasteiger charge is 2.22. The molecule has 1 N–H and O–H groups in total. The zero-order valence-corrected chi connectivity index (χ0v) is 12.4. The first-order valence-corrected chi connectivity index (χ1v) is 7.61. The zero-order valence-electron chi connectivity index (χ0n) is 12.4. The zero-order chi connectivity index (χ0) is 13.9. The molecule has 1 aliphatic heterocycles. The number of hydrogen-bond donors (Lipinski definition) is 1. The highest BCUT2D eigenvalue weighted by Crippen LogP contribution is 2.31. The Morgan fingerprint density at radius 3 is 2.75 bits per heavy atom. The minimum atomic E-state index is 0.547. The second-order valence-electron chi connectivity index (χ2n) is 5.70. The van der Waals surface area contributed by atoms with Gasteiger partial charge in [0.2, 0.25) is 0 Å². The molecule has 0 radical (unpaired) electrons. The van der Waals surface area contributed by atoms with Gasteiger partial charge in [0, 0.05) is 31.3 Å². The third-order valence-electron chi connectivity index (χ3n) is 4.21. The number of nitrogens with zero attached hydrogens (tertiary/aromatic N) is 2. The van der Waals surface area contributed by atoms with E-state index in [0.717, 1.165) is 19.5 Å². The van der Waals surface area contributed by atoms with E-state index in [9.17, 15) is 0 Å². The van der Waals surface area contributed by atoms with Gasteiger partial charge in [0.05, 0.1) is 5.69 Å². The molecule has 1 aliphatic rings. The standard InChI is InChI=1S/C17H23N3/c1-3-13-6-8-14(9-7-13)16-12-20(2)19-17(16)15-5-4-10-18-11-15/h6-9,12,15,18H,3-5,10-11H2,1-2H3. The van der Waals surface area contributed by atoms with E-state index in [1.807, 2.05) is 11.7 Å². The lowest BCUT2D eigenvalue weighted by Gasteiger charge is -2.22. The Labute approximate surface area is 121 Å². The van der Waals surface area contributed by atoms with Crippen LogP contribution < -0.4 is 5.32 Å². The lowest BCUT2D eigenvalue weighted by Crippen LogP contribution is -2.28. The molecule has 2 heterocycles. The maximum Gasteiger partial charge on any atom is 0.0746 e. The normalized spacial score (nSPS) is 19.2. The van der Waals surface area contributed by atoms with E-state index in [-0.39, 0.29) is 0 Å². The van der Waals surface area contributed by atoms with Gasteiger partial charge in [0.25, 0.3) is 0 Å². The molecule has 106 valence electrons. The maximum atomic E-state index is 4.73. The van der Waals surface area contributed by atoms with Crippen LogP contribution in [0.1, 0.15) is 36.9 Å². The molecule has 1 unspecified atom stereocenters. The molecular formula is C17H23N3. The molecule has 0 bridgehead atoms. The first-order chi connectivity index (χ1) is 9.78. The highest BCUT2D eigenvalue weighted by molar-refractivity contribution is 5.66. The minimum Gasteiger partial charge on any atom is -0.316 e. The Morgan fingerprint density at radius 1 is 1.30 bits per heavy atom. The Morgan fingerprint density at radius 2 is 2.10 bits per heavy atom. The average Bonchev–Trinajstić information content (AvgIpc) is 2.90. The molecule has 1 fully saturated rings. The monoisotopic (exact) mass is 269 g/mol. The molecule has 3 nitrogen and oxygen atoms in total. The summed E-state index contributed by atoms with van der Waals surface area (Å²) in [6, 6.07) is 8.92. The SMILES string of the molecule is CCc1ccc(-c2cn(C)nc2C2CCCNC2)cc1. The van der Waals surface area contributed by atoms with E-state index in [1.54, 1.807) is 0 Å². The van der Waals surface area contributed by atoms with Crippen LogP contribution >= 0.6 is 0 Å². The van der Waals surface area contributed by atoms with Crippen molar-refractivity contribution in [1.29, 1.82) is 0 Å². The van der Waals surface area contributed by atoms with Crippen LogP contribution in [0, 0.1) is 0 Å². The molecule has 1 saturated heterocycles. The van der Waals surface area contributed by atoms with E-state index >= 15 is 0 Å². The van der Waals surface area contributed by atoms with Gasteiger partial charge in [-0.3, -0.25) is 4.68 Å². The van der Waals surface area contributed by atoms with Gasteiger partial charge in [-0.1, -0.05) is 31.2 Å². The molecule has 0 spiro atoms. The second kappa shape index (κ2) is 5.80. The first-order valence-electron chi connectivity index (χ1n) is 7.61. The number of rotatable bonds is 3. The number of hydrogen-bond acceptors (Lipinski definition) is 2. The predicted octanol–water partition coefficient (Wildman–Crippen LogP) is 3.12. The van der Waals surface area contributed by atoms with Gasteiger partial charge in [-0.25, -0.2) is 0 Å². The van der Waals surface area contributed by atoms with E-state index < -0.39 is 0 Å². The van der Waals surface area contributed by atoms with Gasteiger partial charge in [-0.2, -0.15) is 5.10 Å². The fourth-order valence-corrected chi connectivity index (χ4v) is 3.03. The third-order valence-corrected chi connectivity index (χ3v) is 4.21. The van der Waals surface area contributed by atoms with E-state index in [0.29, 0.717) is 5.92 Å².